The molecular weight excluding hydrogens is 386 g/mol. The third-order valence-corrected chi connectivity index (χ3v) is 6.43. The van der Waals surface area contributed by atoms with Gasteiger partial charge >= 0.3 is 0 Å². The number of hydrogen-bond donors (Lipinski definition) is 1. The first-order valence-electron chi connectivity index (χ1n) is 10.2. The molecule has 2 amide bonds. The number of nitrogens with one attached hydrogen (secondary N) is 1. The highest BCUT2D eigenvalue weighted by Crippen LogP contribution is 2.29. The van der Waals surface area contributed by atoms with E-state index in [1.165, 1.54) is 10.5 Å². The standard InChI is InChI=1S/C23H26ClN3O2/c1-17-7-8-20(14-21(17)24)27-16-19(13-22(27)28)23(29)26-11-9-25(10-12-26)15-18-5-3-2-4-6-18/h2-8,14,19H,9-13,15-16H2,1H3/p+1/t19-/m0/s1. The highest BCUT2D eigenvalue weighted by Gasteiger charge is 2.38. The van der Waals surface area contributed by atoms with E-state index >= 15 is 0 Å². The normalized spacial score (nSPS) is 20.3. The number of nitrogens with zero attached hydrogens (tertiary/aromatic N) is 2. The SMILES string of the molecule is Cc1ccc(N2C[C@@H](C(=O)N3CC[NH+](Cc4ccccc4)CC3)CC2=O)cc1Cl. The third kappa shape index (κ3) is 4.46. The van der Waals surface area contributed by atoms with Gasteiger partial charge in [0.15, 0.2) is 0 Å². The van der Waals surface area contributed by atoms with Gasteiger partial charge in [-0.1, -0.05) is 48.0 Å². The predicted octanol–water partition coefficient (Wildman–Crippen LogP) is 1.93. The summed E-state index contributed by atoms with van der Waals surface area (Å²) < 4.78 is 0. The molecule has 4 rings (SSSR count). The van der Waals surface area contributed by atoms with E-state index in [1.807, 2.05) is 36.1 Å². The number of piperazine rings is 1. The summed E-state index contributed by atoms with van der Waals surface area (Å²) in [7, 11) is 0. The van der Waals surface area contributed by atoms with Gasteiger partial charge in [-0.15, -0.1) is 0 Å². The van der Waals surface area contributed by atoms with Crippen LogP contribution in [0.15, 0.2) is 48.5 Å². The number of hydrogen-bond acceptors (Lipinski definition) is 2. The maximum Gasteiger partial charge on any atom is 0.228 e. The average Bonchev–Trinajstić information content (AvgIpc) is 3.12. The van der Waals surface area contributed by atoms with Crippen LogP contribution in [0, 0.1) is 12.8 Å². The quantitative estimate of drug-likeness (QED) is 0.834. The van der Waals surface area contributed by atoms with E-state index in [9.17, 15) is 9.59 Å². The van der Waals surface area contributed by atoms with Crippen LogP contribution in [0.2, 0.25) is 5.02 Å². The van der Waals surface area contributed by atoms with E-state index in [1.54, 1.807) is 4.90 Å². The molecule has 5 nitrogen and oxygen atoms in total. The minimum Gasteiger partial charge on any atom is -0.331 e. The number of benzene rings is 2. The lowest BCUT2D eigenvalue weighted by Crippen LogP contribution is -3.13. The molecule has 0 saturated carbocycles. The molecule has 2 aliphatic rings. The number of halogens is 1. The Balaban J connectivity index is 1.33. The van der Waals surface area contributed by atoms with Gasteiger partial charge in [0.2, 0.25) is 11.8 Å². The van der Waals surface area contributed by atoms with Crippen LogP contribution in [0.25, 0.3) is 0 Å². The van der Waals surface area contributed by atoms with Crippen molar-refractivity contribution in [3.8, 4) is 0 Å². The molecule has 2 heterocycles. The van der Waals surface area contributed by atoms with E-state index in [4.69, 9.17) is 11.6 Å². The molecule has 0 spiro atoms. The van der Waals surface area contributed by atoms with Crippen molar-refractivity contribution in [2.45, 2.75) is 19.9 Å². The van der Waals surface area contributed by atoms with Gasteiger partial charge in [0.25, 0.3) is 0 Å². The van der Waals surface area contributed by atoms with Crippen molar-refractivity contribution in [1.82, 2.24) is 4.90 Å². The van der Waals surface area contributed by atoms with Gasteiger partial charge in [-0.05, 0) is 24.6 Å². The lowest BCUT2D eigenvalue weighted by molar-refractivity contribution is -0.917. The summed E-state index contributed by atoms with van der Waals surface area (Å²) in [6.07, 6.45) is 0.279. The maximum atomic E-state index is 13.0. The van der Waals surface area contributed by atoms with Crippen molar-refractivity contribution in [3.63, 3.8) is 0 Å². The van der Waals surface area contributed by atoms with Crippen LogP contribution in [-0.4, -0.2) is 49.4 Å². The fourth-order valence-corrected chi connectivity index (χ4v) is 4.41. The minimum atomic E-state index is -0.266. The zero-order valence-corrected chi connectivity index (χ0v) is 17.5. The highest BCUT2D eigenvalue weighted by atomic mass is 35.5. The Morgan fingerprint density at radius 1 is 1.14 bits per heavy atom. The van der Waals surface area contributed by atoms with E-state index in [-0.39, 0.29) is 24.2 Å². The topological polar surface area (TPSA) is 45.1 Å². The van der Waals surface area contributed by atoms with Crippen LogP contribution >= 0.6 is 11.6 Å². The van der Waals surface area contributed by atoms with Crippen LogP contribution in [0.5, 0.6) is 0 Å². The number of anilines is 1. The Morgan fingerprint density at radius 3 is 2.55 bits per heavy atom. The van der Waals surface area contributed by atoms with Crippen molar-refractivity contribution >= 4 is 29.1 Å². The van der Waals surface area contributed by atoms with Crippen LogP contribution in [0.3, 0.4) is 0 Å². The molecule has 2 fully saturated rings. The summed E-state index contributed by atoms with van der Waals surface area (Å²) in [5.41, 5.74) is 3.08. The van der Waals surface area contributed by atoms with Crippen LogP contribution < -0.4 is 9.80 Å². The van der Waals surface area contributed by atoms with E-state index in [2.05, 4.69) is 24.3 Å². The summed E-state index contributed by atoms with van der Waals surface area (Å²) in [4.78, 5) is 30.7. The second-order valence-electron chi connectivity index (χ2n) is 8.08. The molecule has 0 aliphatic carbocycles. The van der Waals surface area contributed by atoms with Crippen molar-refractivity contribution in [1.29, 1.82) is 0 Å². The molecule has 0 aromatic heterocycles. The number of quaternary nitrogens is 1. The van der Waals surface area contributed by atoms with Gasteiger partial charge in [0, 0.05) is 29.2 Å². The van der Waals surface area contributed by atoms with Crippen LogP contribution in [0.1, 0.15) is 17.5 Å². The minimum absolute atomic E-state index is 0.00314. The fourth-order valence-electron chi connectivity index (χ4n) is 4.24. The fraction of sp³-hybridized carbons (Fsp3) is 0.391. The lowest BCUT2D eigenvalue weighted by atomic mass is 10.1. The maximum absolute atomic E-state index is 13.0. The smallest absolute Gasteiger partial charge is 0.228 e. The van der Waals surface area contributed by atoms with Gasteiger partial charge < -0.3 is 14.7 Å². The highest BCUT2D eigenvalue weighted by molar-refractivity contribution is 6.31. The van der Waals surface area contributed by atoms with Crippen molar-refractivity contribution in [3.05, 3.63) is 64.7 Å². The van der Waals surface area contributed by atoms with Gasteiger partial charge in [-0.3, -0.25) is 9.59 Å². The van der Waals surface area contributed by atoms with Crippen LogP contribution in [-0.2, 0) is 16.1 Å². The first-order valence-corrected chi connectivity index (χ1v) is 10.6. The van der Waals surface area contributed by atoms with Gasteiger partial charge in [-0.2, -0.15) is 0 Å². The second-order valence-corrected chi connectivity index (χ2v) is 8.48. The molecular formula is C23H27ClN3O2+. The summed E-state index contributed by atoms with van der Waals surface area (Å²) in [5.74, 6) is -0.160. The molecule has 2 aliphatic heterocycles. The van der Waals surface area contributed by atoms with Crippen molar-refractivity contribution in [2.75, 3.05) is 37.6 Å². The summed E-state index contributed by atoms with van der Waals surface area (Å²) in [5, 5.41) is 0.641. The first-order chi connectivity index (χ1) is 14.0. The van der Waals surface area contributed by atoms with Gasteiger partial charge in [0.05, 0.1) is 32.1 Å². The van der Waals surface area contributed by atoms with Gasteiger partial charge in [-0.25, -0.2) is 0 Å². The van der Waals surface area contributed by atoms with Crippen molar-refractivity contribution in [2.24, 2.45) is 5.92 Å². The largest absolute Gasteiger partial charge is 0.331 e. The van der Waals surface area contributed by atoms with Crippen LogP contribution in [0.4, 0.5) is 5.69 Å². The Labute approximate surface area is 176 Å². The van der Waals surface area contributed by atoms with Gasteiger partial charge in [0.1, 0.15) is 6.54 Å². The summed E-state index contributed by atoms with van der Waals surface area (Å²) in [6, 6.07) is 16.1. The summed E-state index contributed by atoms with van der Waals surface area (Å²) >= 11 is 6.22. The second kappa shape index (κ2) is 8.56. The number of carbonyl (C=O) groups is 2. The molecule has 29 heavy (non-hydrogen) atoms. The Bertz CT molecular complexity index is 894. The molecule has 2 aromatic carbocycles. The molecule has 0 unspecified atom stereocenters. The number of rotatable bonds is 4. The monoisotopic (exact) mass is 412 g/mol. The Morgan fingerprint density at radius 2 is 1.86 bits per heavy atom. The zero-order valence-electron chi connectivity index (χ0n) is 16.7. The Hall–Kier alpha value is -2.37. The van der Waals surface area contributed by atoms with E-state index in [0.29, 0.717) is 11.6 Å². The molecule has 0 radical (unpaired) electrons. The number of amides is 2. The molecule has 6 heteroatoms. The molecule has 1 N–H and O–H groups in total. The molecule has 152 valence electrons. The molecule has 1 atom stereocenters. The number of aryl methyl sites for hydroxylation is 1. The average molecular weight is 413 g/mol. The molecule has 0 bridgehead atoms. The lowest BCUT2D eigenvalue weighted by Gasteiger charge is -2.33. The third-order valence-electron chi connectivity index (χ3n) is 6.02. The molecule has 2 aromatic rings. The Kier molecular flexibility index (Phi) is 5.88. The summed E-state index contributed by atoms with van der Waals surface area (Å²) in [6.45, 7) is 6.76. The van der Waals surface area contributed by atoms with E-state index < -0.39 is 0 Å². The van der Waals surface area contributed by atoms with E-state index in [0.717, 1.165) is 44.0 Å². The number of carbonyl (C=O) groups excluding carboxylic acids is 2. The molecule has 2 saturated heterocycles. The zero-order chi connectivity index (χ0) is 20.4. The van der Waals surface area contributed by atoms with Crippen molar-refractivity contribution < 1.29 is 14.5 Å². The predicted molar refractivity (Wildman–Crippen MR) is 114 cm³/mol. The first kappa shape index (κ1) is 19.9.